The lowest BCUT2D eigenvalue weighted by atomic mass is 10.1. The molecule has 0 heterocycles. The second kappa shape index (κ2) is 5.46. The molecule has 21 heavy (non-hydrogen) atoms. The quantitative estimate of drug-likeness (QED) is 0.720. The molecule has 3 rings (SSSR count). The van der Waals surface area contributed by atoms with Gasteiger partial charge in [0.2, 0.25) is 0 Å². The lowest BCUT2D eigenvalue weighted by molar-refractivity contribution is 0.0698. The number of carboxylic acid groups (broad SMARTS) is 1. The van der Waals surface area contributed by atoms with E-state index in [4.69, 9.17) is 11.6 Å². The number of rotatable bonds is 3. The molecule has 0 aliphatic heterocycles. The van der Waals surface area contributed by atoms with Crippen LogP contribution in [0.1, 0.15) is 10.4 Å². The summed E-state index contributed by atoms with van der Waals surface area (Å²) in [6, 6.07) is 18.2. The summed E-state index contributed by atoms with van der Waals surface area (Å²) in [5.41, 5.74) is 1.61. The Morgan fingerprint density at radius 2 is 1.52 bits per heavy atom. The fourth-order valence-corrected chi connectivity index (χ4v) is 2.52. The molecule has 3 aromatic carbocycles. The Labute approximate surface area is 126 Å². The van der Waals surface area contributed by atoms with Crippen molar-refractivity contribution in [1.82, 2.24) is 0 Å². The van der Waals surface area contributed by atoms with Crippen molar-refractivity contribution >= 4 is 39.7 Å². The van der Waals surface area contributed by atoms with Gasteiger partial charge in [-0.3, -0.25) is 0 Å². The van der Waals surface area contributed by atoms with Crippen molar-refractivity contribution in [3.63, 3.8) is 0 Å². The van der Waals surface area contributed by atoms with Crippen LogP contribution in [0.15, 0.2) is 60.7 Å². The van der Waals surface area contributed by atoms with Crippen LogP contribution in [-0.2, 0) is 0 Å². The van der Waals surface area contributed by atoms with Gasteiger partial charge in [0.1, 0.15) is 0 Å². The highest BCUT2D eigenvalue weighted by molar-refractivity contribution is 6.36. The van der Waals surface area contributed by atoms with Crippen molar-refractivity contribution in [2.24, 2.45) is 0 Å². The Morgan fingerprint density at radius 1 is 0.857 bits per heavy atom. The number of fused-ring (bicyclic) bond motifs is 1. The van der Waals surface area contributed by atoms with E-state index in [2.05, 4.69) is 5.32 Å². The lowest BCUT2D eigenvalue weighted by Crippen LogP contribution is -2.02. The average Bonchev–Trinajstić information content (AvgIpc) is 2.51. The molecule has 4 heteroatoms. The second-order valence-corrected chi connectivity index (χ2v) is 5.02. The first-order chi connectivity index (χ1) is 10.2. The van der Waals surface area contributed by atoms with E-state index < -0.39 is 5.97 Å². The molecule has 0 fully saturated rings. The highest BCUT2D eigenvalue weighted by atomic mass is 35.5. The van der Waals surface area contributed by atoms with E-state index in [9.17, 15) is 9.90 Å². The summed E-state index contributed by atoms with van der Waals surface area (Å²) >= 11 is 6.19. The Kier molecular flexibility index (Phi) is 3.50. The minimum absolute atomic E-state index is 0.233. The number of aromatic carboxylic acids is 1. The topological polar surface area (TPSA) is 49.3 Å². The normalized spacial score (nSPS) is 10.5. The van der Waals surface area contributed by atoms with E-state index >= 15 is 0 Å². The van der Waals surface area contributed by atoms with Crippen molar-refractivity contribution < 1.29 is 9.90 Å². The summed E-state index contributed by atoms with van der Waals surface area (Å²) in [6.45, 7) is 0. The second-order valence-electron chi connectivity index (χ2n) is 4.62. The van der Waals surface area contributed by atoms with Gasteiger partial charge in [-0.2, -0.15) is 0 Å². The van der Waals surface area contributed by atoms with Gasteiger partial charge in [-0.1, -0.05) is 48.0 Å². The van der Waals surface area contributed by atoms with Crippen LogP contribution in [0.25, 0.3) is 10.8 Å². The molecule has 2 N–H and O–H groups in total. The molecule has 3 aromatic rings. The van der Waals surface area contributed by atoms with Crippen LogP contribution in [-0.4, -0.2) is 11.1 Å². The van der Waals surface area contributed by atoms with Crippen molar-refractivity contribution in [3.05, 3.63) is 71.2 Å². The fraction of sp³-hybridized carbons (Fsp3) is 0. The number of halogens is 1. The van der Waals surface area contributed by atoms with Gasteiger partial charge in [-0.05, 0) is 24.3 Å². The van der Waals surface area contributed by atoms with E-state index in [0.29, 0.717) is 10.7 Å². The molecule has 0 aromatic heterocycles. The molecule has 0 spiro atoms. The third kappa shape index (κ3) is 2.56. The zero-order valence-corrected chi connectivity index (χ0v) is 11.8. The molecule has 0 bridgehead atoms. The molecule has 0 atom stereocenters. The van der Waals surface area contributed by atoms with Crippen LogP contribution in [0.4, 0.5) is 11.4 Å². The minimum Gasteiger partial charge on any atom is -0.478 e. The zero-order chi connectivity index (χ0) is 14.8. The third-order valence-electron chi connectivity index (χ3n) is 3.30. The Balaban J connectivity index is 2.11. The van der Waals surface area contributed by atoms with Crippen LogP contribution >= 0.6 is 11.6 Å². The van der Waals surface area contributed by atoms with Gasteiger partial charge >= 0.3 is 5.97 Å². The first-order valence-corrected chi connectivity index (χ1v) is 6.81. The highest BCUT2D eigenvalue weighted by Crippen LogP contribution is 2.32. The van der Waals surface area contributed by atoms with E-state index in [1.165, 1.54) is 0 Å². The highest BCUT2D eigenvalue weighted by Gasteiger charge is 2.11. The molecule has 3 nitrogen and oxygen atoms in total. The largest absolute Gasteiger partial charge is 0.478 e. The van der Waals surface area contributed by atoms with Gasteiger partial charge in [0, 0.05) is 21.5 Å². The Bertz CT molecular complexity index is 830. The molecular weight excluding hydrogens is 286 g/mol. The third-order valence-corrected chi connectivity index (χ3v) is 3.63. The summed E-state index contributed by atoms with van der Waals surface area (Å²) in [5, 5.41) is 15.0. The standard InChI is InChI=1S/C17H12ClNO2/c18-14-9-10-16(12-6-2-1-5-11(12)14)19-15-8-4-3-7-13(15)17(20)21/h1-10,19H,(H,20,21). The smallest absolute Gasteiger partial charge is 0.337 e. The molecule has 0 saturated carbocycles. The van der Waals surface area contributed by atoms with Crippen LogP contribution in [0, 0.1) is 0 Å². The SMILES string of the molecule is O=C(O)c1ccccc1Nc1ccc(Cl)c2ccccc12. The number of hydrogen-bond acceptors (Lipinski definition) is 2. The van der Waals surface area contributed by atoms with Crippen LogP contribution in [0.5, 0.6) is 0 Å². The van der Waals surface area contributed by atoms with Crippen molar-refractivity contribution in [2.45, 2.75) is 0 Å². The molecular formula is C17H12ClNO2. The van der Waals surface area contributed by atoms with Gasteiger partial charge in [0.25, 0.3) is 0 Å². The summed E-state index contributed by atoms with van der Waals surface area (Å²) in [6.07, 6.45) is 0. The first kappa shape index (κ1) is 13.5. The maximum atomic E-state index is 11.3. The summed E-state index contributed by atoms with van der Waals surface area (Å²) in [5.74, 6) is -0.962. The summed E-state index contributed by atoms with van der Waals surface area (Å²) in [4.78, 5) is 11.3. The van der Waals surface area contributed by atoms with Gasteiger partial charge in [-0.25, -0.2) is 4.79 Å². The number of hydrogen-bond donors (Lipinski definition) is 2. The predicted octanol–water partition coefficient (Wildman–Crippen LogP) is 4.94. The van der Waals surface area contributed by atoms with Crippen molar-refractivity contribution in [2.75, 3.05) is 5.32 Å². The molecule has 0 unspecified atom stereocenters. The number of nitrogens with one attached hydrogen (secondary N) is 1. The number of benzene rings is 3. The number of anilines is 2. The van der Waals surface area contributed by atoms with Crippen LogP contribution in [0.2, 0.25) is 5.02 Å². The van der Waals surface area contributed by atoms with Crippen molar-refractivity contribution in [3.8, 4) is 0 Å². The number of carbonyl (C=O) groups is 1. The average molecular weight is 298 g/mol. The molecule has 0 saturated heterocycles. The van der Waals surface area contributed by atoms with E-state index in [-0.39, 0.29) is 5.56 Å². The van der Waals surface area contributed by atoms with Gasteiger partial charge in [-0.15, -0.1) is 0 Å². The maximum Gasteiger partial charge on any atom is 0.337 e. The Morgan fingerprint density at radius 3 is 2.29 bits per heavy atom. The molecule has 0 aliphatic carbocycles. The van der Waals surface area contributed by atoms with E-state index in [0.717, 1.165) is 16.5 Å². The molecule has 0 aliphatic rings. The predicted molar refractivity (Wildman–Crippen MR) is 85.6 cm³/mol. The van der Waals surface area contributed by atoms with Gasteiger partial charge < -0.3 is 10.4 Å². The molecule has 0 amide bonds. The number of carboxylic acids is 1. The molecule has 0 radical (unpaired) electrons. The fourth-order valence-electron chi connectivity index (χ4n) is 2.29. The number of para-hydroxylation sites is 1. The van der Waals surface area contributed by atoms with Crippen molar-refractivity contribution in [1.29, 1.82) is 0 Å². The summed E-state index contributed by atoms with van der Waals surface area (Å²) < 4.78 is 0. The van der Waals surface area contributed by atoms with Crippen LogP contribution in [0.3, 0.4) is 0 Å². The maximum absolute atomic E-state index is 11.3. The zero-order valence-electron chi connectivity index (χ0n) is 11.0. The summed E-state index contributed by atoms with van der Waals surface area (Å²) in [7, 11) is 0. The van der Waals surface area contributed by atoms with Gasteiger partial charge in [0.15, 0.2) is 0 Å². The minimum atomic E-state index is -0.962. The Hall–Kier alpha value is -2.52. The first-order valence-electron chi connectivity index (χ1n) is 6.43. The van der Waals surface area contributed by atoms with E-state index in [1.807, 2.05) is 30.3 Å². The van der Waals surface area contributed by atoms with Gasteiger partial charge in [0.05, 0.1) is 11.3 Å². The van der Waals surface area contributed by atoms with E-state index in [1.54, 1.807) is 30.3 Å². The lowest BCUT2D eigenvalue weighted by Gasteiger charge is -2.12. The molecule has 104 valence electrons. The van der Waals surface area contributed by atoms with Crippen LogP contribution < -0.4 is 5.32 Å². The monoisotopic (exact) mass is 297 g/mol.